The van der Waals surface area contributed by atoms with Crippen molar-refractivity contribution < 1.29 is 18.7 Å². The number of anilines is 2. The van der Waals surface area contributed by atoms with E-state index in [9.17, 15) is 14.0 Å². The fourth-order valence-corrected chi connectivity index (χ4v) is 4.08. The van der Waals surface area contributed by atoms with Crippen LogP contribution in [0.2, 0.25) is 0 Å². The highest BCUT2D eigenvalue weighted by Gasteiger charge is 2.35. The van der Waals surface area contributed by atoms with Gasteiger partial charge >= 0.3 is 6.09 Å². The van der Waals surface area contributed by atoms with E-state index in [0.717, 1.165) is 52.0 Å². The molecule has 152 valence electrons. The largest absolute Gasteiger partial charge is 0.442 e. The number of benzene rings is 1. The van der Waals surface area contributed by atoms with Gasteiger partial charge in [0.2, 0.25) is 6.41 Å². The number of cyclic esters (lactones) is 1. The maximum absolute atomic E-state index is 14.7. The Morgan fingerprint density at radius 2 is 2.11 bits per heavy atom. The van der Waals surface area contributed by atoms with E-state index in [0.29, 0.717) is 24.5 Å². The Morgan fingerprint density at radius 1 is 1.29 bits per heavy atom. The highest BCUT2D eigenvalue weighted by molar-refractivity contribution is 5.90. The summed E-state index contributed by atoms with van der Waals surface area (Å²) in [7, 11) is 0. The summed E-state index contributed by atoms with van der Waals surface area (Å²) in [6.07, 6.45) is 1.75. The van der Waals surface area contributed by atoms with Crippen molar-refractivity contribution in [1.29, 1.82) is 0 Å². The number of hydrogen-bond donors (Lipinski definition) is 2. The second-order valence-corrected chi connectivity index (χ2v) is 7.40. The molecule has 0 aliphatic carbocycles. The number of carbonyl (C=O) groups is 2. The zero-order valence-electron chi connectivity index (χ0n) is 15.8. The highest BCUT2D eigenvalue weighted by Crippen LogP contribution is 2.28. The zero-order valence-corrected chi connectivity index (χ0v) is 15.8. The minimum atomic E-state index is -0.510. The molecule has 1 aromatic carbocycles. The van der Waals surface area contributed by atoms with Gasteiger partial charge in [-0.1, -0.05) is 0 Å². The first kappa shape index (κ1) is 18.9. The normalized spacial score (nSPS) is 25.1. The summed E-state index contributed by atoms with van der Waals surface area (Å²) in [6.45, 7) is 4.65. The third kappa shape index (κ3) is 3.90. The Morgan fingerprint density at radius 3 is 2.79 bits per heavy atom. The van der Waals surface area contributed by atoms with Gasteiger partial charge in [-0.15, -0.1) is 0 Å². The smallest absolute Gasteiger partial charge is 0.414 e. The van der Waals surface area contributed by atoms with Crippen LogP contribution >= 0.6 is 0 Å². The molecule has 3 aliphatic rings. The Bertz CT molecular complexity index is 722. The van der Waals surface area contributed by atoms with E-state index >= 15 is 0 Å². The molecule has 1 aromatic rings. The topological polar surface area (TPSA) is 77.2 Å². The molecule has 3 fully saturated rings. The van der Waals surface area contributed by atoms with Crippen LogP contribution in [0.1, 0.15) is 12.8 Å². The number of piperazine rings is 1. The van der Waals surface area contributed by atoms with Crippen LogP contribution in [0, 0.1) is 5.82 Å². The Hall–Kier alpha value is -2.39. The molecule has 4 rings (SSSR count). The van der Waals surface area contributed by atoms with Crippen molar-refractivity contribution in [2.45, 2.75) is 25.1 Å². The fraction of sp³-hybridized carbons (Fsp3) is 0.579. The molecule has 0 bridgehead atoms. The third-order valence-electron chi connectivity index (χ3n) is 5.56. The number of rotatable bonds is 6. The molecule has 0 spiro atoms. The van der Waals surface area contributed by atoms with E-state index in [2.05, 4.69) is 10.6 Å². The molecule has 2 amide bonds. The molecule has 28 heavy (non-hydrogen) atoms. The van der Waals surface area contributed by atoms with Gasteiger partial charge in [0.05, 0.1) is 30.6 Å². The standard InChI is InChI=1S/C19H26FN5O3/c20-16-10-14(3-4-17(16)23-8-6-21-7-9-23)25-12-15(28-19(25)27)11-24(13-26)18-2-1-5-22-18/h3-4,10,13,15,18,21-22H,1-2,5-9,11-12H2. The van der Waals surface area contributed by atoms with Crippen LogP contribution in [0.3, 0.4) is 0 Å². The summed E-state index contributed by atoms with van der Waals surface area (Å²) in [5.74, 6) is -0.347. The van der Waals surface area contributed by atoms with E-state index < -0.39 is 12.2 Å². The lowest BCUT2D eigenvalue weighted by Gasteiger charge is -2.30. The SMILES string of the molecule is O=CN(CC1CN(c2ccc(N3CCNCC3)c(F)c2)C(=O)O1)C1CCCN1. The molecule has 3 aliphatic heterocycles. The quantitative estimate of drug-likeness (QED) is 0.697. The average molecular weight is 391 g/mol. The minimum absolute atomic E-state index is 0.0130. The number of hydrogen-bond acceptors (Lipinski definition) is 6. The summed E-state index contributed by atoms with van der Waals surface area (Å²) >= 11 is 0. The number of amides is 2. The molecule has 3 heterocycles. The molecule has 0 saturated carbocycles. The van der Waals surface area contributed by atoms with E-state index in [1.54, 1.807) is 17.0 Å². The molecule has 2 unspecified atom stereocenters. The number of halogens is 1. The van der Waals surface area contributed by atoms with Crippen molar-refractivity contribution in [2.24, 2.45) is 0 Å². The lowest BCUT2D eigenvalue weighted by molar-refractivity contribution is -0.121. The summed E-state index contributed by atoms with van der Waals surface area (Å²) < 4.78 is 20.1. The summed E-state index contributed by atoms with van der Waals surface area (Å²) in [4.78, 5) is 28.8. The van der Waals surface area contributed by atoms with E-state index in [-0.39, 0.29) is 12.0 Å². The van der Waals surface area contributed by atoms with Gasteiger partial charge in [-0.25, -0.2) is 9.18 Å². The zero-order chi connectivity index (χ0) is 19.5. The van der Waals surface area contributed by atoms with Crippen LogP contribution in [0.4, 0.5) is 20.6 Å². The average Bonchev–Trinajstić information content (AvgIpc) is 3.36. The molecule has 9 heteroatoms. The fourth-order valence-electron chi connectivity index (χ4n) is 4.08. The van der Waals surface area contributed by atoms with E-state index in [4.69, 9.17) is 4.74 Å². The second-order valence-electron chi connectivity index (χ2n) is 7.40. The van der Waals surface area contributed by atoms with Crippen LogP contribution in [-0.4, -0.2) is 75.5 Å². The van der Waals surface area contributed by atoms with Gasteiger partial charge in [0.1, 0.15) is 11.9 Å². The Kier molecular flexibility index (Phi) is 5.63. The van der Waals surface area contributed by atoms with E-state index in [1.165, 1.54) is 11.0 Å². The first-order chi connectivity index (χ1) is 13.7. The van der Waals surface area contributed by atoms with Gasteiger partial charge in [0.25, 0.3) is 0 Å². The maximum atomic E-state index is 14.7. The van der Waals surface area contributed by atoms with Gasteiger partial charge in [-0.3, -0.25) is 15.0 Å². The summed E-state index contributed by atoms with van der Waals surface area (Å²) in [5, 5.41) is 6.51. The first-order valence-corrected chi connectivity index (χ1v) is 9.83. The molecule has 8 nitrogen and oxygen atoms in total. The van der Waals surface area contributed by atoms with Gasteiger partial charge in [0.15, 0.2) is 0 Å². The first-order valence-electron chi connectivity index (χ1n) is 9.83. The van der Waals surface area contributed by atoms with Crippen molar-refractivity contribution in [2.75, 3.05) is 55.6 Å². The predicted molar refractivity (Wildman–Crippen MR) is 103 cm³/mol. The van der Waals surface area contributed by atoms with Crippen molar-refractivity contribution >= 4 is 23.9 Å². The number of ether oxygens (including phenoxy) is 1. The van der Waals surface area contributed by atoms with Crippen molar-refractivity contribution in [1.82, 2.24) is 15.5 Å². The Labute approximate surface area is 163 Å². The maximum Gasteiger partial charge on any atom is 0.414 e. The predicted octanol–water partition coefficient (Wildman–Crippen LogP) is 0.728. The lowest BCUT2D eigenvalue weighted by atomic mass is 10.2. The van der Waals surface area contributed by atoms with Crippen molar-refractivity contribution in [3.63, 3.8) is 0 Å². The van der Waals surface area contributed by atoms with Gasteiger partial charge in [-0.2, -0.15) is 0 Å². The van der Waals surface area contributed by atoms with Crippen molar-refractivity contribution in [3.05, 3.63) is 24.0 Å². The monoisotopic (exact) mass is 391 g/mol. The van der Waals surface area contributed by atoms with Crippen LogP contribution in [0.5, 0.6) is 0 Å². The van der Waals surface area contributed by atoms with Crippen LogP contribution in [0.25, 0.3) is 0 Å². The molecule has 2 atom stereocenters. The van der Waals surface area contributed by atoms with Crippen molar-refractivity contribution in [3.8, 4) is 0 Å². The molecule has 3 saturated heterocycles. The van der Waals surface area contributed by atoms with Gasteiger partial charge in [0, 0.05) is 26.2 Å². The lowest BCUT2D eigenvalue weighted by Crippen LogP contribution is -2.45. The number of nitrogens with zero attached hydrogens (tertiary/aromatic N) is 3. The Balaban J connectivity index is 1.42. The number of carbonyl (C=O) groups excluding carboxylic acids is 2. The molecule has 0 radical (unpaired) electrons. The van der Waals surface area contributed by atoms with Gasteiger partial charge in [-0.05, 0) is 37.6 Å². The molecular formula is C19H26FN5O3. The molecule has 0 aromatic heterocycles. The summed E-state index contributed by atoms with van der Waals surface area (Å²) in [5.41, 5.74) is 1.02. The third-order valence-corrected chi connectivity index (χ3v) is 5.56. The van der Waals surface area contributed by atoms with Crippen LogP contribution in [-0.2, 0) is 9.53 Å². The van der Waals surface area contributed by atoms with Gasteiger partial charge < -0.3 is 19.9 Å². The summed E-state index contributed by atoms with van der Waals surface area (Å²) in [6, 6.07) is 4.86. The second kappa shape index (κ2) is 8.32. The van der Waals surface area contributed by atoms with Crippen LogP contribution in [0.15, 0.2) is 18.2 Å². The minimum Gasteiger partial charge on any atom is -0.442 e. The highest BCUT2D eigenvalue weighted by atomic mass is 19.1. The molecular weight excluding hydrogens is 365 g/mol. The number of nitrogens with one attached hydrogen (secondary N) is 2. The van der Waals surface area contributed by atoms with Crippen LogP contribution < -0.4 is 20.4 Å². The molecule has 2 N–H and O–H groups in total. The van der Waals surface area contributed by atoms with E-state index in [1.807, 2.05) is 4.90 Å².